The molecule has 1 heterocycles. The number of hydrogen-bond donors (Lipinski definition) is 1. The Morgan fingerprint density at radius 2 is 2.38 bits per heavy atom. The molecule has 0 aromatic carbocycles. The maximum Gasteiger partial charge on any atom is 0.0762 e. The van der Waals surface area contributed by atoms with Crippen LogP contribution in [0.2, 0.25) is 0 Å². The van der Waals surface area contributed by atoms with Crippen molar-refractivity contribution in [1.29, 1.82) is 0 Å². The van der Waals surface area contributed by atoms with Crippen molar-refractivity contribution in [3.63, 3.8) is 0 Å². The van der Waals surface area contributed by atoms with Crippen molar-refractivity contribution in [2.45, 2.75) is 39.2 Å². The van der Waals surface area contributed by atoms with E-state index in [0.717, 1.165) is 30.6 Å². The Morgan fingerprint density at radius 3 is 3.06 bits per heavy atom. The van der Waals surface area contributed by atoms with Crippen LogP contribution in [0.5, 0.6) is 0 Å². The van der Waals surface area contributed by atoms with Crippen LogP contribution in [0.15, 0.2) is 12.3 Å². The maximum atomic E-state index is 4.36. The van der Waals surface area contributed by atoms with Crippen molar-refractivity contribution in [3.05, 3.63) is 18.0 Å². The fourth-order valence-corrected chi connectivity index (χ4v) is 2.71. The first kappa shape index (κ1) is 11.6. The van der Waals surface area contributed by atoms with Crippen molar-refractivity contribution in [3.8, 4) is 0 Å². The monoisotopic (exact) mass is 221 g/mol. The number of aromatic nitrogens is 2. The highest BCUT2D eigenvalue weighted by molar-refractivity contribution is 4.97. The number of nitrogens with zero attached hydrogens (tertiary/aromatic N) is 2. The Hall–Kier alpha value is -0.830. The number of hydrogen-bond acceptors (Lipinski definition) is 2. The van der Waals surface area contributed by atoms with E-state index in [1.807, 2.05) is 17.9 Å². The molecular weight excluding hydrogens is 198 g/mol. The molecule has 16 heavy (non-hydrogen) atoms. The van der Waals surface area contributed by atoms with E-state index in [1.165, 1.54) is 25.7 Å². The fourth-order valence-electron chi connectivity index (χ4n) is 2.71. The third-order valence-electron chi connectivity index (χ3n) is 3.55. The standard InChI is InChI=1S/C13H23N3/c1-11-4-3-5-12(8-11)9-14-10-13-6-7-16(2)15-13/h6-7,11-12,14H,3-5,8-10H2,1-2H3. The third-order valence-corrected chi connectivity index (χ3v) is 3.55. The molecule has 1 fully saturated rings. The van der Waals surface area contributed by atoms with Gasteiger partial charge in [0, 0.05) is 19.8 Å². The molecule has 90 valence electrons. The van der Waals surface area contributed by atoms with Crippen LogP contribution >= 0.6 is 0 Å². The highest BCUT2D eigenvalue weighted by atomic mass is 15.3. The van der Waals surface area contributed by atoms with E-state index in [-0.39, 0.29) is 0 Å². The number of aryl methyl sites for hydroxylation is 1. The second-order valence-corrected chi connectivity index (χ2v) is 5.25. The van der Waals surface area contributed by atoms with E-state index in [2.05, 4.69) is 23.4 Å². The zero-order chi connectivity index (χ0) is 11.4. The van der Waals surface area contributed by atoms with Crippen molar-refractivity contribution >= 4 is 0 Å². The topological polar surface area (TPSA) is 29.9 Å². The van der Waals surface area contributed by atoms with Gasteiger partial charge in [-0.25, -0.2) is 0 Å². The summed E-state index contributed by atoms with van der Waals surface area (Å²) in [5.41, 5.74) is 1.14. The summed E-state index contributed by atoms with van der Waals surface area (Å²) in [6.07, 6.45) is 7.64. The Kier molecular flexibility index (Phi) is 3.99. The summed E-state index contributed by atoms with van der Waals surface area (Å²) in [4.78, 5) is 0. The van der Waals surface area contributed by atoms with Gasteiger partial charge in [0.25, 0.3) is 0 Å². The Bertz CT molecular complexity index is 319. The molecule has 0 radical (unpaired) electrons. The molecule has 0 spiro atoms. The largest absolute Gasteiger partial charge is 0.311 e. The SMILES string of the molecule is CC1CCCC(CNCc2ccn(C)n2)C1. The lowest BCUT2D eigenvalue weighted by Crippen LogP contribution is -2.26. The molecule has 3 heteroatoms. The van der Waals surface area contributed by atoms with Gasteiger partial charge in [-0.3, -0.25) is 4.68 Å². The quantitative estimate of drug-likeness (QED) is 0.845. The summed E-state index contributed by atoms with van der Waals surface area (Å²) in [5, 5.41) is 7.89. The predicted octanol–water partition coefficient (Wildman–Crippen LogP) is 2.34. The molecule has 1 aliphatic rings. The molecule has 2 unspecified atom stereocenters. The van der Waals surface area contributed by atoms with Crippen LogP contribution < -0.4 is 5.32 Å². The lowest BCUT2D eigenvalue weighted by atomic mass is 9.82. The minimum absolute atomic E-state index is 0.882. The highest BCUT2D eigenvalue weighted by Gasteiger charge is 2.18. The van der Waals surface area contributed by atoms with E-state index in [4.69, 9.17) is 0 Å². The lowest BCUT2D eigenvalue weighted by Gasteiger charge is -2.26. The molecule has 1 aliphatic carbocycles. The maximum absolute atomic E-state index is 4.36. The summed E-state index contributed by atoms with van der Waals surface area (Å²) in [7, 11) is 1.96. The average molecular weight is 221 g/mol. The highest BCUT2D eigenvalue weighted by Crippen LogP contribution is 2.27. The van der Waals surface area contributed by atoms with Crippen LogP contribution in [0.25, 0.3) is 0 Å². The minimum atomic E-state index is 0.882. The zero-order valence-electron chi connectivity index (χ0n) is 10.4. The average Bonchev–Trinajstić information content (AvgIpc) is 2.64. The van der Waals surface area contributed by atoms with Crippen LogP contribution in [0.4, 0.5) is 0 Å². The van der Waals surface area contributed by atoms with Gasteiger partial charge in [-0.05, 0) is 37.3 Å². The van der Waals surface area contributed by atoms with Crippen LogP contribution in [0.1, 0.15) is 38.3 Å². The second kappa shape index (κ2) is 5.48. The molecule has 0 saturated heterocycles. The Labute approximate surface area is 98.2 Å². The van der Waals surface area contributed by atoms with Crippen LogP contribution in [-0.4, -0.2) is 16.3 Å². The van der Waals surface area contributed by atoms with Crippen LogP contribution in [0.3, 0.4) is 0 Å². The molecule has 3 nitrogen and oxygen atoms in total. The van der Waals surface area contributed by atoms with Gasteiger partial charge < -0.3 is 5.32 Å². The van der Waals surface area contributed by atoms with Crippen LogP contribution in [0, 0.1) is 11.8 Å². The summed E-state index contributed by atoms with van der Waals surface area (Å²) >= 11 is 0. The Morgan fingerprint density at radius 1 is 1.50 bits per heavy atom. The van der Waals surface area contributed by atoms with Gasteiger partial charge in [0.1, 0.15) is 0 Å². The lowest BCUT2D eigenvalue weighted by molar-refractivity contribution is 0.274. The molecule has 2 atom stereocenters. The molecule has 2 rings (SSSR count). The molecule has 1 N–H and O–H groups in total. The summed E-state index contributed by atoms with van der Waals surface area (Å²) in [6.45, 7) is 4.44. The smallest absolute Gasteiger partial charge is 0.0762 e. The summed E-state index contributed by atoms with van der Waals surface area (Å²) in [6, 6.07) is 2.08. The van der Waals surface area contributed by atoms with E-state index < -0.39 is 0 Å². The first-order chi connectivity index (χ1) is 7.74. The number of rotatable bonds is 4. The number of nitrogens with one attached hydrogen (secondary N) is 1. The molecule has 1 aromatic rings. The third kappa shape index (κ3) is 3.34. The fraction of sp³-hybridized carbons (Fsp3) is 0.769. The molecule has 1 aromatic heterocycles. The minimum Gasteiger partial charge on any atom is -0.311 e. The second-order valence-electron chi connectivity index (χ2n) is 5.25. The van der Waals surface area contributed by atoms with Crippen molar-refractivity contribution in [2.24, 2.45) is 18.9 Å². The van der Waals surface area contributed by atoms with Crippen molar-refractivity contribution < 1.29 is 0 Å². The molecule has 0 aliphatic heterocycles. The molecule has 0 amide bonds. The van der Waals surface area contributed by atoms with Gasteiger partial charge in [-0.1, -0.05) is 19.8 Å². The van der Waals surface area contributed by atoms with Crippen LogP contribution in [-0.2, 0) is 13.6 Å². The first-order valence-electron chi connectivity index (χ1n) is 6.43. The van der Waals surface area contributed by atoms with Gasteiger partial charge in [-0.2, -0.15) is 5.10 Å². The van der Waals surface area contributed by atoms with E-state index in [0.29, 0.717) is 0 Å². The molecule has 0 bridgehead atoms. The Balaban J connectivity index is 1.67. The van der Waals surface area contributed by atoms with Gasteiger partial charge in [-0.15, -0.1) is 0 Å². The first-order valence-corrected chi connectivity index (χ1v) is 6.43. The molecular formula is C13H23N3. The van der Waals surface area contributed by atoms with Crippen molar-refractivity contribution in [2.75, 3.05) is 6.54 Å². The normalized spacial score (nSPS) is 25.9. The zero-order valence-corrected chi connectivity index (χ0v) is 10.4. The predicted molar refractivity (Wildman–Crippen MR) is 66.0 cm³/mol. The van der Waals surface area contributed by atoms with E-state index in [9.17, 15) is 0 Å². The van der Waals surface area contributed by atoms with Gasteiger partial charge in [0.05, 0.1) is 5.69 Å². The van der Waals surface area contributed by atoms with Crippen molar-refractivity contribution in [1.82, 2.24) is 15.1 Å². The summed E-state index contributed by atoms with van der Waals surface area (Å²) < 4.78 is 1.86. The molecule has 1 saturated carbocycles. The van der Waals surface area contributed by atoms with Gasteiger partial charge >= 0.3 is 0 Å². The van der Waals surface area contributed by atoms with Gasteiger partial charge in [0.2, 0.25) is 0 Å². The summed E-state index contributed by atoms with van der Waals surface area (Å²) in [5.74, 6) is 1.81. The van der Waals surface area contributed by atoms with E-state index >= 15 is 0 Å². The van der Waals surface area contributed by atoms with Gasteiger partial charge in [0.15, 0.2) is 0 Å². The van der Waals surface area contributed by atoms with E-state index in [1.54, 1.807) is 0 Å².